The lowest BCUT2D eigenvalue weighted by Crippen LogP contribution is -2.30. The molecule has 1 aromatic heterocycles. The van der Waals surface area contributed by atoms with Crippen molar-refractivity contribution in [3.63, 3.8) is 0 Å². The van der Waals surface area contributed by atoms with Gasteiger partial charge in [-0.2, -0.15) is 0 Å². The average molecular weight is 427 g/mol. The summed E-state index contributed by atoms with van der Waals surface area (Å²) >= 11 is 0. The topological polar surface area (TPSA) is 54.5 Å². The minimum absolute atomic E-state index is 0.167. The van der Waals surface area contributed by atoms with Crippen LogP contribution in [0.25, 0.3) is 10.9 Å². The molecule has 6 heteroatoms. The first kappa shape index (κ1) is 20.0. The highest BCUT2D eigenvalue weighted by molar-refractivity contribution is 5.92. The van der Waals surface area contributed by atoms with E-state index in [1.807, 2.05) is 30.3 Å². The number of fused-ring (bicyclic) bond motifs is 2. The molecule has 1 amide bonds. The normalized spacial score (nSPS) is 13.0. The lowest BCUT2D eigenvalue weighted by Gasteiger charge is -2.30. The molecule has 160 valence electrons. The van der Waals surface area contributed by atoms with Crippen molar-refractivity contribution >= 4 is 28.3 Å². The number of hydrogen-bond donors (Lipinski definition) is 1. The van der Waals surface area contributed by atoms with Crippen molar-refractivity contribution in [2.24, 2.45) is 0 Å². The second kappa shape index (κ2) is 8.67. The van der Waals surface area contributed by atoms with Gasteiger partial charge in [-0.1, -0.05) is 36.4 Å². The number of carbonyl (C=O) groups excluding carboxylic acids is 1. The summed E-state index contributed by atoms with van der Waals surface area (Å²) in [6.07, 6.45) is 0.984. The maximum atomic E-state index is 13.0. The van der Waals surface area contributed by atoms with E-state index < -0.39 is 0 Å². The molecule has 1 N–H and O–H groups in total. The van der Waals surface area contributed by atoms with Gasteiger partial charge in [-0.05, 0) is 60.0 Å². The van der Waals surface area contributed by atoms with Crippen molar-refractivity contribution in [3.05, 3.63) is 95.8 Å². The van der Waals surface area contributed by atoms with Crippen LogP contribution in [-0.2, 0) is 17.8 Å². The van der Waals surface area contributed by atoms with Crippen LogP contribution in [-0.4, -0.2) is 24.0 Å². The number of para-hydroxylation sites is 1. The number of ether oxygens (including phenoxy) is 1. The second-order valence-corrected chi connectivity index (χ2v) is 7.78. The summed E-state index contributed by atoms with van der Waals surface area (Å²) < 4.78 is 18.8. The molecule has 5 rings (SSSR count). The van der Waals surface area contributed by atoms with Gasteiger partial charge in [-0.15, -0.1) is 0 Å². The molecule has 4 aromatic rings. The highest BCUT2D eigenvalue weighted by Gasteiger charge is 2.18. The maximum absolute atomic E-state index is 13.0. The molecular weight excluding hydrogens is 405 g/mol. The van der Waals surface area contributed by atoms with Crippen LogP contribution >= 0.6 is 0 Å². The van der Waals surface area contributed by atoms with Crippen LogP contribution in [0.1, 0.15) is 11.1 Å². The van der Waals surface area contributed by atoms with Crippen molar-refractivity contribution in [1.29, 1.82) is 0 Å². The molecule has 0 aliphatic carbocycles. The Kier molecular flexibility index (Phi) is 5.42. The maximum Gasteiger partial charge on any atom is 0.262 e. The van der Waals surface area contributed by atoms with Crippen molar-refractivity contribution in [1.82, 2.24) is 4.98 Å². The third-order valence-corrected chi connectivity index (χ3v) is 5.61. The Balaban J connectivity index is 1.33. The van der Waals surface area contributed by atoms with Crippen LogP contribution in [0.4, 0.5) is 15.9 Å². The van der Waals surface area contributed by atoms with Crippen LogP contribution in [0.2, 0.25) is 0 Å². The molecule has 3 aromatic carbocycles. The minimum atomic E-state index is -0.353. The number of rotatable bonds is 5. The van der Waals surface area contributed by atoms with Gasteiger partial charge >= 0.3 is 0 Å². The summed E-state index contributed by atoms with van der Waals surface area (Å²) in [4.78, 5) is 19.4. The standard InChI is InChI=1S/C26H22FN3O2/c27-21-9-11-22(12-10-21)28-25(31)17-32-23-7-3-6-19-8-13-24(29-26(19)23)30-15-14-18-4-1-2-5-20(18)16-30/h1-13H,14-17H2,(H,28,31). The predicted molar refractivity (Wildman–Crippen MR) is 123 cm³/mol. The fraction of sp³-hybridized carbons (Fsp3) is 0.154. The molecule has 0 bridgehead atoms. The third kappa shape index (κ3) is 4.25. The lowest BCUT2D eigenvalue weighted by molar-refractivity contribution is -0.118. The van der Waals surface area contributed by atoms with Crippen LogP contribution in [0.15, 0.2) is 78.9 Å². The van der Waals surface area contributed by atoms with E-state index in [1.54, 1.807) is 0 Å². The summed E-state index contributed by atoms with van der Waals surface area (Å²) in [5.74, 6) is 0.765. The number of hydrogen-bond acceptors (Lipinski definition) is 4. The Bertz CT molecular complexity index is 1270. The fourth-order valence-electron chi connectivity index (χ4n) is 3.97. The Morgan fingerprint density at radius 3 is 2.62 bits per heavy atom. The van der Waals surface area contributed by atoms with E-state index in [9.17, 15) is 9.18 Å². The van der Waals surface area contributed by atoms with Gasteiger partial charge in [0.1, 0.15) is 22.9 Å². The van der Waals surface area contributed by atoms with Gasteiger partial charge in [-0.3, -0.25) is 4.79 Å². The van der Waals surface area contributed by atoms with E-state index in [0.717, 1.165) is 36.2 Å². The molecule has 0 saturated carbocycles. The number of halogens is 1. The number of amides is 1. The van der Waals surface area contributed by atoms with Gasteiger partial charge in [0.15, 0.2) is 6.61 Å². The zero-order valence-corrected chi connectivity index (χ0v) is 17.4. The smallest absolute Gasteiger partial charge is 0.262 e. The quantitative estimate of drug-likeness (QED) is 0.489. The Hall–Kier alpha value is -3.93. The first-order valence-electron chi connectivity index (χ1n) is 10.6. The number of anilines is 2. The highest BCUT2D eigenvalue weighted by atomic mass is 19.1. The van der Waals surface area contributed by atoms with Gasteiger partial charge in [0.25, 0.3) is 5.91 Å². The van der Waals surface area contributed by atoms with E-state index in [0.29, 0.717) is 11.4 Å². The van der Waals surface area contributed by atoms with Gasteiger partial charge in [0.2, 0.25) is 0 Å². The third-order valence-electron chi connectivity index (χ3n) is 5.61. The fourth-order valence-corrected chi connectivity index (χ4v) is 3.97. The molecule has 0 unspecified atom stereocenters. The molecule has 0 spiro atoms. The van der Waals surface area contributed by atoms with E-state index >= 15 is 0 Å². The first-order chi connectivity index (χ1) is 15.7. The van der Waals surface area contributed by atoms with Gasteiger partial charge in [-0.25, -0.2) is 9.37 Å². The van der Waals surface area contributed by atoms with E-state index in [-0.39, 0.29) is 18.3 Å². The molecule has 0 saturated heterocycles. The zero-order valence-electron chi connectivity index (χ0n) is 17.4. The highest BCUT2D eigenvalue weighted by Crippen LogP contribution is 2.29. The van der Waals surface area contributed by atoms with Crippen LogP contribution < -0.4 is 15.0 Å². The molecule has 1 aliphatic rings. The number of nitrogens with zero attached hydrogens (tertiary/aromatic N) is 2. The van der Waals surface area contributed by atoms with Crippen LogP contribution in [0.5, 0.6) is 5.75 Å². The molecule has 32 heavy (non-hydrogen) atoms. The molecule has 0 fully saturated rings. The zero-order chi connectivity index (χ0) is 21.9. The first-order valence-corrected chi connectivity index (χ1v) is 10.6. The Labute approximate surface area is 185 Å². The second-order valence-electron chi connectivity index (χ2n) is 7.78. The number of benzene rings is 3. The van der Waals surface area contributed by atoms with Gasteiger partial charge in [0.05, 0.1) is 0 Å². The van der Waals surface area contributed by atoms with Crippen molar-refractivity contribution in [3.8, 4) is 5.75 Å². The molecule has 2 heterocycles. The molecule has 5 nitrogen and oxygen atoms in total. The molecule has 1 aliphatic heterocycles. The largest absolute Gasteiger partial charge is 0.481 e. The van der Waals surface area contributed by atoms with Crippen molar-refractivity contribution in [2.45, 2.75) is 13.0 Å². The van der Waals surface area contributed by atoms with Crippen molar-refractivity contribution < 1.29 is 13.9 Å². The monoisotopic (exact) mass is 427 g/mol. The number of nitrogens with one attached hydrogen (secondary N) is 1. The van der Waals surface area contributed by atoms with E-state index in [4.69, 9.17) is 9.72 Å². The predicted octanol–water partition coefficient (Wildman–Crippen LogP) is 4.95. The summed E-state index contributed by atoms with van der Waals surface area (Å²) in [5.41, 5.74) is 3.95. The minimum Gasteiger partial charge on any atom is -0.481 e. The van der Waals surface area contributed by atoms with Gasteiger partial charge in [0, 0.05) is 24.2 Å². The summed E-state index contributed by atoms with van der Waals surface area (Å²) in [6, 6.07) is 23.8. The summed E-state index contributed by atoms with van der Waals surface area (Å²) in [7, 11) is 0. The van der Waals surface area contributed by atoms with Crippen LogP contribution in [0, 0.1) is 5.82 Å². The number of aromatic nitrogens is 1. The lowest BCUT2D eigenvalue weighted by atomic mass is 10.00. The summed E-state index contributed by atoms with van der Waals surface area (Å²) in [5, 5.41) is 3.65. The van der Waals surface area contributed by atoms with E-state index in [1.165, 1.54) is 35.4 Å². The van der Waals surface area contributed by atoms with Crippen LogP contribution in [0.3, 0.4) is 0 Å². The Morgan fingerprint density at radius 2 is 1.78 bits per heavy atom. The number of pyridine rings is 1. The molecular formula is C26H22FN3O2. The average Bonchev–Trinajstić information content (AvgIpc) is 2.83. The molecule has 0 atom stereocenters. The van der Waals surface area contributed by atoms with E-state index in [2.05, 4.69) is 34.5 Å². The molecule has 0 radical (unpaired) electrons. The van der Waals surface area contributed by atoms with Crippen molar-refractivity contribution in [2.75, 3.05) is 23.4 Å². The number of carbonyl (C=O) groups is 1. The SMILES string of the molecule is O=C(COc1cccc2ccc(N3CCc4ccccc4C3)nc12)Nc1ccc(F)cc1. The Morgan fingerprint density at radius 1 is 0.969 bits per heavy atom. The summed E-state index contributed by atoms with van der Waals surface area (Å²) in [6.45, 7) is 1.55. The van der Waals surface area contributed by atoms with Gasteiger partial charge < -0.3 is 15.0 Å².